The topological polar surface area (TPSA) is 72.9 Å². The Morgan fingerprint density at radius 1 is 1.42 bits per heavy atom. The van der Waals surface area contributed by atoms with Crippen molar-refractivity contribution in [2.75, 3.05) is 6.54 Å². The first-order chi connectivity index (χ1) is 8.60. The number of amides is 1. The van der Waals surface area contributed by atoms with E-state index in [0.29, 0.717) is 0 Å². The van der Waals surface area contributed by atoms with E-state index in [0.717, 1.165) is 0 Å². The molecule has 0 aromatic carbocycles. The van der Waals surface area contributed by atoms with Gasteiger partial charge in [0, 0.05) is 12.6 Å². The maximum Gasteiger partial charge on any atom is 0.410 e. The zero-order valence-electron chi connectivity index (χ0n) is 12.1. The van der Waals surface area contributed by atoms with Crippen molar-refractivity contribution in [3.05, 3.63) is 0 Å². The van der Waals surface area contributed by atoms with Crippen molar-refractivity contribution in [2.45, 2.75) is 52.7 Å². The van der Waals surface area contributed by atoms with Crippen LogP contribution in [0.15, 0.2) is 0 Å². The van der Waals surface area contributed by atoms with Gasteiger partial charge in [0.05, 0.1) is 12.3 Å². The molecule has 0 radical (unpaired) electrons. The predicted molar refractivity (Wildman–Crippen MR) is 67.3 cm³/mol. The summed E-state index contributed by atoms with van der Waals surface area (Å²) in [4.78, 5) is 35.9. The number of hydrogen-bond donors (Lipinski definition) is 0. The predicted octanol–water partition coefficient (Wildman–Crippen LogP) is 1.72. The van der Waals surface area contributed by atoms with E-state index >= 15 is 0 Å². The Morgan fingerprint density at radius 3 is 2.37 bits per heavy atom. The van der Waals surface area contributed by atoms with Gasteiger partial charge in [-0.15, -0.1) is 0 Å². The summed E-state index contributed by atoms with van der Waals surface area (Å²) in [6.07, 6.45) is -0.472. The van der Waals surface area contributed by atoms with Gasteiger partial charge >= 0.3 is 18.0 Å². The maximum absolute atomic E-state index is 12.0. The molecule has 108 valence electrons. The van der Waals surface area contributed by atoms with E-state index in [1.54, 1.807) is 20.8 Å². The van der Waals surface area contributed by atoms with E-state index < -0.39 is 29.6 Å². The van der Waals surface area contributed by atoms with Crippen molar-refractivity contribution < 1.29 is 23.9 Å². The molecule has 1 heterocycles. The van der Waals surface area contributed by atoms with Crippen molar-refractivity contribution in [3.63, 3.8) is 0 Å². The molecule has 1 unspecified atom stereocenters. The van der Waals surface area contributed by atoms with Gasteiger partial charge in [-0.2, -0.15) is 0 Å². The Hall–Kier alpha value is -1.59. The number of nitrogens with zero attached hydrogens (tertiary/aromatic N) is 1. The molecule has 0 saturated carbocycles. The van der Waals surface area contributed by atoms with Crippen molar-refractivity contribution >= 4 is 18.0 Å². The number of rotatable bonds is 3. The van der Waals surface area contributed by atoms with Crippen molar-refractivity contribution in [3.8, 4) is 0 Å². The van der Waals surface area contributed by atoms with Gasteiger partial charge in [0.25, 0.3) is 0 Å². The first-order valence-corrected chi connectivity index (χ1v) is 6.34. The van der Waals surface area contributed by atoms with E-state index in [4.69, 9.17) is 4.74 Å². The molecule has 1 aliphatic heterocycles. The molecule has 1 saturated heterocycles. The Kier molecular flexibility index (Phi) is 4.55. The Bertz CT molecular complexity index is 383. The summed E-state index contributed by atoms with van der Waals surface area (Å²) in [6, 6.07) is -0.127. The largest absolute Gasteiger partial charge is 0.444 e. The molecule has 1 fully saturated rings. The average Bonchev–Trinajstić information content (AvgIpc) is 2.50. The van der Waals surface area contributed by atoms with Gasteiger partial charge in [0.2, 0.25) is 0 Å². The van der Waals surface area contributed by atoms with Gasteiger partial charge in [0.1, 0.15) is 5.60 Å². The van der Waals surface area contributed by atoms with Crippen LogP contribution in [0, 0.1) is 5.92 Å². The molecule has 0 aromatic heterocycles. The average molecular weight is 271 g/mol. The molecule has 0 spiro atoms. The summed E-state index contributed by atoms with van der Waals surface area (Å²) < 4.78 is 9.76. The van der Waals surface area contributed by atoms with Crippen LogP contribution in [0.1, 0.15) is 41.0 Å². The standard InChI is InChI=1S/C13H21NO5/c1-8(2)14(12(17)19-13(3,4)5)7-9-6-10(15)18-11(9)16/h8-9H,6-7H2,1-5H3. The lowest BCUT2D eigenvalue weighted by Crippen LogP contribution is -2.44. The SMILES string of the molecule is CC(C)N(CC1CC(=O)OC1=O)C(=O)OC(C)(C)C. The van der Waals surface area contributed by atoms with Crippen LogP contribution < -0.4 is 0 Å². The lowest BCUT2D eigenvalue weighted by Gasteiger charge is -2.30. The molecular weight excluding hydrogens is 250 g/mol. The highest BCUT2D eigenvalue weighted by atomic mass is 16.6. The second-order valence-corrected chi connectivity index (χ2v) is 5.92. The van der Waals surface area contributed by atoms with E-state index in [2.05, 4.69) is 4.74 Å². The third kappa shape index (κ3) is 4.54. The lowest BCUT2D eigenvalue weighted by atomic mass is 10.1. The maximum atomic E-state index is 12.0. The Morgan fingerprint density at radius 2 is 2.00 bits per heavy atom. The number of carbonyl (C=O) groups excluding carboxylic acids is 3. The van der Waals surface area contributed by atoms with Crippen LogP contribution in [-0.4, -0.2) is 41.1 Å². The molecule has 0 bridgehead atoms. The Labute approximate surface area is 113 Å². The zero-order chi connectivity index (χ0) is 14.8. The molecule has 1 amide bonds. The smallest absolute Gasteiger partial charge is 0.410 e. The molecule has 0 aliphatic carbocycles. The third-order valence-electron chi connectivity index (χ3n) is 2.63. The number of ether oxygens (including phenoxy) is 2. The second kappa shape index (κ2) is 5.59. The number of cyclic esters (lactones) is 2. The molecule has 0 N–H and O–H groups in total. The number of esters is 2. The monoisotopic (exact) mass is 271 g/mol. The number of carbonyl (C=O) groups is 3. The third-order valence-corrected chi connectivity index (χ3v) is 2.63. The number of hydrogen-bond acceptors (Lipinski definition) is 5. The fourth-order valence-corrected chi connectivity index (χ4v) is 1.71. The van der Waals surface area contributed by atoms with Gasteiger partial charge in [-0.05, 0) is 34.6 Å². The highest BCUT2D eigenvalue weighted by Crippen LogP contribution is 2.20. The van der Waals surface area contributed by atoms with Crippen LogP contribution in [0.3, 0.4) is 0 Å². The van der Waals surface area contributed by atoms with Crippen LogP contribution in [-0.2, 0) is 19.1 Å². The van der Waals surface area contributed by atoms with Gasteiger partial charge < -0.3 is 14.4 Å². The van der Waals surface area contributed by atoms with Gasteiger partial charge in [0.15, 0.2) is 0 Å². The fraction of sp³-hybridized carbons (Fsp3) is 0.769. The summed E-state index contributed by atoms with van der Waals surface area (Å²) in [7, 11) is 0. The van der Waals surface area contributed by atoms with E-state index in [1.165, 1.54) is 4.90 Å². The van der Waals surface area contributed by atoms with Crippen molar-refractivity contribution in [2.24, 2.45) is 5.92 Å². The first kappa shape index (κ1) is 15.5. The normalized spacial score (nSPS) is 19.6. The van der Waals surface area contributed by atoms with Crippen molar-refractivity contribution in [1.82, 2.24) is 4.90 Å². The fourth-order valence-electron chi connectivity index (χ4n) is 1.71. The van der Waals surface area contributed by atoms with Crippen LogP contribution in [0.2, 0.25) is 0 Å². The minimum Gasteiger partial charge on any atom is -0.444 e. The molecule has 6 heteroatoms. The molecule has 1 atom stereocenters. The van der Waals surface area contributed by atoms with Crippen LogP contribution in [0.5, 0.6) is 0 Å². The van der Waals surface area contributed by atoms with E-state index in [9.17, 15) is 14.4 Å². The van der Waals surface area contributed by atoms with Crippen LogP contribution in [0.25, 0.3) is 0 Å². The minimum atomic E-state index is -0.601. The summed E-state index contributed by atoms with van der Waals surface area (Å²) in [5.41, 5.74) is -0.601. The zero-order valence-corrected chi connectivity index (χ0v) is 12.1. The quantitative estimate of drug-likeness (QED) is 0.577. The van der Waals surface area contributed by atoms with Crippen LogP contribution in [0.4, 0.5) is 4.79 Å². The summed E-state index contributed by atoms with van der Waals surface area (Å²) in [5, 5.41) is 0. The van der Waals surface area contributed by atoms with Gasteiger partial charge in [-0.25, -0.2) is 4.79 Å². The van der Waals surface area contributed by atoms with E-state index in [-0.39, 0.29) is 19.0 Å². The summed E-state index contributed by atoms with van der Waals surface area (Å²) in [5.74, 6) is -1.70. The van der Waals surface area contributed by atoms with E-state index in [1.807, 2.05) is 13.8 Å². The molecule has 19 heavy (non-hydrogen) atoms. The molecule has 1 rings (SSSR count). The van der Waals surface area contributed by atoms with Gasteiger partial charge in [-0.1, -0.05) is 0 Å². The van der Waals surface area contributed by atoms with Gasteiger partial charge in [-0.3, -0.25) is 9.59 Å². The second-order valence-electron chi connectivity index (χ2n) is 5.92. The van der Waals surface area contributed by atoms with Crippen molar-refractivity contribution in [1.29, 1.82) is 0 Å². The first-order valence-electron chi connectivity index (χ1n) is 6.34. The molecule has 0 aromatic rings. The molecule has 1 aliphatic rings. The highest BCUT2D eigenvalue weighted by molar-refractivity contribution is 5.94. The molecule has 6 nitrogen and oxygen atoms in total. The summed E-state index contributed by atoms with van der Waals surface area (Å²) >= 11 is 0. The molecular formula is C13H21NO5. The lowest BCUT2D eigenvalue weighted by molar-refractivity contribution is -0.153. The highest BCUT2D eigenvalue weighted by Gasteiger charge is 2.37. The summed E-state index contributed by atoms with van der Waals surface area (Å²) in [6.45, 7) is 9.11. The van der Waals surface area contributed by atoms with Crippen LogP contribution >= 0.6 is 0 Å². The minimum absolute atomic E-state index is 0.0187. The Balaban J connectivity index is 2.71.